The molecule has 0 radical (unpaired) electrons. The molecule has 0 spiro atoms. The lowest BCUT2D eigenvalue weighted by Gasteiger charge is -2.06. The molecule has 2 rings (SSSR count). The van der Waals surface area contributed by atoms with Gasteiger partial charge in [-0.05, 0) is 28.1 Å². The zero-order valence-corrected chi connectivity index (χ0v) is 9.39. The van der Waals surface area contributed by atoms with E-state index in [-0.39, 0.29) is 28.1 Å². The minimum absolute atomic E-state index is 0.0479. The number of aromatic carboxylic acids is 1. The van der Waals surface area contributed by atoms with Gasteiger partial charge in [0.05, 0.1) is 5.39 Å². The quantitative estimate of drug-likeness (QED) is 0.746. The van der Waals surface area contributed by atoms with Crippen LogP contribution >= 0.6 is 15.9 Å². The fourth-order valence-electron chi connectivity index (χ4n) is 1.38. The second kappa shape index (κ2) is 3.64. The molecule has 6 heteroatoms. The lowest BCUT2D eigenvalue weighted by molar-refractivity contribution is 0.0690. The summed E-state index contributed by atoms with van der Waals surface area (Å²) in [4.78, 5) is 14.5. The van der Waals surface area contributed by atoms with E-state index < -0.39 is 5.97 Å². The number of carboxylic acids is 1. The maximum absolute atomic E-state index is 10.7. The monoisotopic (exact) mass is 283 g/mol. The Bertz CT molecular complexity index is 597. The van der Waals surface area contributed by atoms with Gasteiger partial charge in [0.2, 0.25) is 0 Å². The first-order valence-corrected chi connectivity index (χ1v) is 5.04. The fraction of sp³-hybridized carbons (Fsp3) is 0. The molecule has 0 bridgehead atoms. The van der Waals surface area contributed by atoms with Crippen LogP contribution in [0.2, 0.25) is 0 Å². The summed E-state index contributed by atoms with van der Waals surface area (Å²) in [5, 5.41) is 28.2. The maximum atomic E-state index is 10.7. The molecule has 0 saturated carbocycles. The Balaban J connectivity index is 2.92. The van der Waals surface area contributed by atoms with Crippen molar-refractivity contribution in [3.63, 3.8) is 0 Å². The minimum atomic E-state index is -1.27. The Morgan fingerprint density at radius 1 is 1.25 bits per heavy atom. The lowest BCUT2D eigenvalue weighted by Crippen LogP contribution is -2.00. The van der Waals surface area contributed by atoms with Crippen LogP contribution in [-0.2, 0) is 0 Å². The smallest absolute Gasteiger partial charge is 0.354 e. The van der Waals surface area contributed by atoms with E-state index in [1.807, 2.05) is 0 Å². The van der Waals surface area contributed by atoms with Crippen LogP contribution in [0, 0.1) is 0 Å². The third-order valence-corrected chi connectivity index (χ3v) is 2.75. The van der Waals surface area contributed by atoms with Crippen LogP contribution in [0.25, 0.3) is 10.9 Å². The molecule has 0 saturated heterocycles. The van der Waals surface area contributed by atoms with E-state index in [2.05, 4.69) is 20.9 Å². The van der Waals surface area contributed by atoms with E-state index in [1.165, 1.54) is 6.07 Å². The Morgan fingerprint density at radius 3 is 2.56 bits per heavy atom. The molecule has 1 aromatic carbocycles. The number of hydrogen-bond acceptors (Lipinski definition) is 4. The van der Waals surface area contributed by atoms with Crippen molar-refractivity contribution in [1.82, 2.24) is 4.98 Å². The number of rotatable bonds is 1. The third kappa shape index (κ3) is 1.57. The number of fused-ring (bicyclic) bond motifs is 1. The Morgan fingerprint density at radius 2 is 1.94 bits per heavy atom. The largest absolute Gasteiger partial charge is 0.507 e. The first-order chi connectivity index (χ1) is 7.50. The average Bonchev–Trinajstić information content (AvgIpc) is 2.22. The molecule has 1 aromatic heterocycles. The van der Waals surface area contributed by atoms with Crippen molar-refractivity contribution in [2.75, 3.05) is 0 Å². The molecule has 3 N–H and O–H groups in total. The van der Waals surface area contributed by atoms with E-state index in [1.54, 1.807) is 6.07 Å². The summed E-state index contributed by atoms with van der Waals surface area (Å²) in [6.07, 6.45) is 0. The number of aromatic hydroxyl groups is 2. The van der Waals surface area contributed by atoms with Gasteiger partial charge in [-0.3, -0.25) is 0 Å². The standard InChI is InChI=1S/C10H6BrNO4/c11-4-1-2-6(13)9-8(4)7(14)3-5(12-9)10(15)16/h1-3,13H,(H,12,14)(H,15,16). The highest BCUT2D eigenvalue weighted by Crippen LogP contribution is 2.35. The number of phenols is 1. The molecule has 82 valence electrons. The van der Waals surface area contributed by atoms with E-state index in [0.29, 0.717) is 4.47 Å². The fourth-order valence-corrected chi connectivity index (χ4v) is 1.90. The number of carbonyl (C=O) groups is 1. The first-order valence-electron chi connectivity index (χ1n) is 4.25. The van der Waals surface area contributed by atoms with Crippen LogP contribution in [0.3, 0.4) is 0 Å². The number of carboxylic acid groups (broad SMARTS) is 1. The van der Waals surface area contributed by atoms with E-state index in [9.17, 15) is 15.0 Å². The number of benzene rings is 1. The molecule has 0 aliphatic rings. The van der Waals surface area contributed by atoms with Crippen molar-refractivity contribution in [1.29, 1.82) is 0 Å². The van der Waals surface area contributed by atoms with E-state index >= 15 is 0 Å². The molecule has 16 heavy (non-hydrogen) atoms. The van der Waals surface area contributed by atoms with Gasteiger partial charge >= 0.3 is 5.97 Å². The summed E-state index contributed by atoms with van der Waals surface area (Å²) in [5.41, 5.74) is -0.273. The molecule has 0 unspecified atom stereocenters. The summed E-state index contributed by atoms with van der Waals surface area (Å²) in [6.45, 7) is 0. The van der Waals surface area contributed by atoms with Crippen molar-refractivity contribution in [3.05, 3.63) is 28.4 Å². The van der Waals surface area contributed by atoms with Crippen LogP contribution in [0.15, 0.2) is 22.7 Å². The number of halogens is 1. The van der Waals surface area contributed by atoms with Gasteiger partial charge in [-0.1, -0.05) is 0 Å². The summed E-state index contributed by atoms with van der Waals surface area (Å²) in [5.74, 6) is -1.70. The number of phenolic OH excluding ortho intramolecular Hbond substituents is 1. The SMILES string of the molecule is O=C(O)c1cc(O)c2c(Br)ccc(O)c2n1. The Labute approximate surface area is 98.1 Å². The van der Waals surface area contributed by atoms with Crippen molar-refractivity contribution < 1.29 is 20.1 Å². The third-order valence-electron chi connectivity index (χ3n) is 2.09. The lowest BCUT2D eigenvalue weighted by atomic mass is 10.1. The summed E-state index contributed by atoms with van der Waals surface area (Å²) >= 11 is 3.18. The van der Waals surface area contributed by atoms with Crippen molar-refractivity contribution in [2.45, 2.75) is 0 Å². The molecule has 0 aliphatic heterocycles. The molecule has 0 fully saturated rings. The van der Waals surface area contributed by atoms with Crippen molar-refractivity contribution in [2.24, 2.45) is 0 Å². The highest BCUT2D eigenvalue weighted by Gasteiger charge is 2.14. The average molecular weight is 284 g/mol. The molecule has 0 amide bonds. The number of hydrogen-bond donors (Lipinski definition) is 3. The van der Waals surface area contributed by atoms with Gasteiger partial charge in [-0.25, -0.2) is 9.78 Å². The van der Waals surface area contributed by atoms with Gasteiger partial charge in [0.1, 0.15) is 17.0 Å². The highest BCUT2D eigenvalue weighted by molar-refractivity contribution is 9.10. The molecule has 5 nitrogen and oxygen atoms in total. The van der Waals surface area contributed by atoms with Gasteiger partial charge in [0.15, 0.2) is 5.69 Å². The molecule has 1 heterocycles. The molecule has 0 aliphatic carbocycles. The topological polar surface area (TPSA) is 90.7 Å². The second-order valence-electron chi connectivity index (χ2n) is 3.12. The van der Waals surface area contributed by atoms with Crippen molar-refractivity contribution in [3.8, 4) is 11.5 Å². The van der Waals surface area contributed by atoms with Crippen LogP contribution in [0.5, 0.6) is 11.5 Å². The zero-order valence-electron chi connectivity index (χ0n) is 7.81. The van der Waals surface area contributed by atoms with Crippen molar-refractivity contribution >= 4 is 32.8 Å². The highest BCUT2D eigenvalue weighted by atomic mass is 79.9. The van der Waals surface area contributed by atoms with Crippen LogP contribution in [-0.4, -0.2) is 26.3 Å². The van der Waals surface area contributed by atoms with Gasteiger partial charge in [-0.2, -0.15) is 0 Å². The number of aromatic nitrogens is 1. The van der Waals surface area contributed by atoms with Gasteiger partial charge in [-0.15, -0.1) is 0 Å². The van der Waals surface area contributed by atoms with Crippen LogP contribution in [0.1, 0.15) is 10.5 Å². The second-order valence-corrected chi connectivity index (χ2v) is 3.98. The predicted octanol–water partition coefficient (Wildman–Crippen LogP) is 2.11. The first kappa shape index (κ1) is 10.7. The van der Waals surface area contributed by atoms with Gasteiger partial charge in [0.25, 0.3) is 0 Å². The summed E-state index contributed by atoms with van der Waals surface area (Å²) in [7, 11) is 0. The minimum Gasteiger partial charge on any atom is -0.507 e. The molecular formula is C10H6BrNO4. The van der Waals surface area contributed by atoms with Gasteiger partial charge in [0, 0.05) is 10.5 Å². The van der Waals surface area contributed by atoms with Crippen LogP contribution in [0.4, 0.5) is 0 Å². The van der Waals surface area contributed by atoms with E-state index in [0.717, 1.165) is 6.07 Å². The Hall–Kier alpha value is -1.82. The Kier molecular flexibility index (Phi) is 2.43. The molecular weight excluding hydrogens is 278 g/mol. The van der Waals surface area contributed by atoms with Gasteiger partial charge < -0.3 is 15.3 Å². The predicted molar refractivity (Wildman–Crippen MR) is 59.7 cm³/mol. The number of nitrogens with zero attached hydrogens (tertiary/aromatic N) is 1. The summed E-state index contributed by atoms with van der Waals surface area (Å²) in [6, 6.07) is 3.94. The van der Waals surface area contributed by atoms with Crippen LogP contribution < -0.4 is 0 Å². The summed E-state index contributed by atoms with van der Waals surface area (Å²) < 4.78 is 0.530. The molecule has 0 atom stereocenters. The zero-order chi connectivity index (χ0) is 11.9. The number of pyridine rings is 1. The molecule has 2 aromatic rings. The van der Waals surface area contributed by atoms with E-state index in [4.69, 9.17) is 5.11 Å². The maximum Gasteiger partial charge on any atom is 0.354 e. The normalized spacial score (nSPS) is 10.6.